The van der Waals surface area contributed by atoms with Gasteiger partial charge in [0, 0.05) is 12.1 Å². The minimum absolute atomic E-state index is 0.248. The lowest BCUT2D eigenvalue weighted by Gasteiger charge is -2.11. The van der Waals surface area contributed by atoms with Crippen molar-refractivity contribution in [3.8, 4) is 16.3 Å². The maximum atomic E-state index is 12.9. The average Bonchev–Trinajstić information content (AvgIpc) is 3.04. The molecule has 2 heterocycles. The molecule has 2 aromatic heterocycles. The topological polar surface area (TPSA) is 86.1 Å². The van der Waals surface area contributed by atoms with E-state index in [-0.39, 0.29) is 11.5 Å². The molecule has 29 heavy (non-hydrogen) atoms. The van der Waals surface area contributed by atoms with E-state index in [4.69, 9.17) is 16.3 Å². The highest BCUT2D eigenvalue weighted by Crippen LogP contribution is 2.32. The molecule has 0 aliphatic heterocycles. The van der Waals surface area contributed by atoms with Gasteiger partial charge in [-0.05, 0) is 51.5 Å². The van der Waals surface area contributed by atoms with Gasteiger partial charge in [-0.25, -0.2) is 9.67 Å². The first-order chi connectivity index (χ1) is 13.7. The summed E-state index contributed by atoms with van der Waals surface area (Å²) in [6, 6.07) is 5.04. The van der Waals surface area contributed by atoms with E-state index in [1.54, 1.807) is 32.2 Å². The van der Waals surface area contributed by atoms with Gasteiger partial charge in [-0.3, -0.25) is 9.59 Å². The smallest absolute Gasteiger partial charge is 0.277 e. The number of aryl methyl sites for hydroxylation is 3. The molecule has 1 aromatic carbocycles. The Morgan fingerprint density at radius 1 is 1.28 bits per heavy atom. The van der Waals surface area contributed by atoms with Gasteiger partial charge in [0.25, 0.3) is 11.5 Å². The number of halogens is 1. The Balaban J connectivity index is 2.00. The normalized spacial score (nSPS) is 10.8. The van der Waals surface area contributed by atoms with Crippen LogP contribution >= 0.6 is 22.9 Å². The van der Waals surface area contributed by atoms with Gasteiger partial charge in [0.1, 0.15) is 15.6 Å². The van der Waals surface area contributed by atoms with Crippen molar-refractivity contribution in [3.05, 3.63) is 55.4 Å². The molecule has 3 aromatic rings. The van der Waals surface area contributed by atoms with Gasteiger partial charge in [-0.15, -0.1) is 11.3 Å². The lowest BCUT2D eigenvalue weighted by molar-refractivity contribution is 0.102. The summed E-state index contributed by atoms with van der Waals surface area (Å²) < 4.78 is 6.84. The summed E-state index contributed by atoms with van der Waals surface area (Å²) in [5, 5.41) is 8.00. The van der Waals surface area contributed by atoms with Crippen molar-refractivity contribution in [2.75, 3.05) is 11.9 Å². The van der Waals surface area contributed by atoms with E-state index in [0.717, 1.165) is 11.3 Å². The van der Waals surface area contributed by atoms with Crippen LogP contribution in [0.2, 0.25) is 5.02 Å². The predicted octanol–water partition coefficient (Wildman–Crippen LogP) is 4.13. The maximum absolute atomic E-state index is 12.9. The van der Waals surface area contributed by atoms with Crippen molar-refractivity contribution < 1.29 is 9.53 Å². The summed E-state index contributed by atoms with van der Waals surface area (Å²) in [5.74, 6) is 0.192. The number of anilines is 1. The van der Waals surface area contributed by atoms with Crippen molar-refractivity contribution in [3.63, 3.8) is 0 Å². The van der Waals surface area contributed by atoms with E-state index in [0.29, 0.717) is 44.2 Å². The molecular formula is C20H21ClN4O3S. The zero-order valence-corrected chi connectivity index (χ0v) is 18.4. The number of carbonyl (C=O) groups is 1. The van der Waals surface area contributed by atoms with Crippen LogP contribution in [0.5, 0.6) is 5.75 Å². The number of aromatic nitrogens is 3. The third-order valence-corrected chi connectivity index (χ3v) is 5.84. The molecular weight excluding hydrogens is 412 g/mol. The molecule has 0 spiro atoms. The number of ether oxygens (including phenoxy) is 1. The van der Waals surface area contributed by atoms with Gasteiger partial charge in [0.05, 0.1) is 29.2 Å². The third kappa shape index (κ3) is 4.18. The van der Waals surface area contributed by atoms with Crippen LogP contribution in [0, 0.1) is 20.8 Å². The quantitative estimate of drug-likeness (QED) is 0.655. The summed E-state index contributed by atoms with van der Waals surface area (Å²) in [4.78, 5) is 30.4. The molecule has 1 amide bonds. The van der Waals surface area contributed by atoms with Crippen LogP contribution in [0.4, 0.5) is 5.69 Å². The van der Waals surface area contributed by atoms with Crippen molar-refractivity contribution in [1.82, 2.24) is 14.8 Å². The highest BCUT2D eigenvalue weighted by Gasteiger charge is 2.22. The van der Waals surface area contributed by atoms with E-state index in [9.17, 15) is 9.59 Å². The Bertz CT molecular complexity index is 1150. The molecule has 0 unspecified atom stereocenters. The second-order valence-electron chi connectivity index (χ2n) is 6.48. The molecule has 0 aliphatic carbocycles. The second kappa shape index (κ2) is 8.34. The second-order valence-corrected chi connectivity index (χ2v) is 7.91. The Kier molecular flexibility index (Phi) is 6.04. The lowest BCUT2D eigenvalue weighted by atomic mass is 10.1. The molecule has 3 rings (SSSR count). The maximum Gasteiger partial charge on any atom is 0.277 e. The van der Waals surface area contributed by atoms with Crippen LogP contribution in [0.15, 0.2) is 23.0 Å². The first-order valence-electron chi connectivity index (χ1n) is 8.99. The number of nitrogens with zero attached hydrogens (tertiary/aromatic N) is 3. The van der Waals surface area contributed by atoms with Crippen molar-refractivity contribution in [2.24, 2.45) is 7.05 Å². The minimum atomic E-state index is -0.338. The van der Waals surface area contributed by atoms with Crippen molar-refractivity contribution >= 4 is 34.5 Å². The summed E-state index contributed by atoms with van der Waals surface area (Å²) in [7, 11) is 1.60. The number of amides is 1. The number of hydrogen-bond donors (Lipinski definition) is 1. The van der Waals surface area contributed by atoms with Crippen LogP contribution in [0.3, 0.4) is 0 Å². The predicted molar refractivity (Wildman–Crippen MR) is 115 cm³/mol. The fourth-order valence-corrected chi connectivity index (χ4v) is 4.10. The molecule has 0 atom stereocenters. The summed E-state index contributed by atoms with van der Waals surface area (Å²) >= 11 is 7.24. The average molecular weight is 433 g/mol. The number of carbonyl (C=O) groups excluding carboxylic acids is 1. The fraction of sp³-hybridized carbons (Fsp3) is 0.300. The molecule has 7 nitrogen and oxygen atoms in total. The molecule has 0 saturated heterocycles. The van der Waals surface area contributed by atoms with Crippen LogP contribution < -0.4 is 15.6 Å². The summed E-state index contributed by atoms with van der Waals surface area (Å²) in [5.41, 5.74) is 2.72. The van der Waals surface area contributed by atoms with Gasteiger partial charge in [-0.2, -0.15) is 5.10 Å². The highest BCUT2D eigenvalue weighted by atomic mass is 35.5. The van der Waals surface area contributed by atoms with Crippen molar-refractivity contribution in [1.29, 1.82) is 0 Å². The number of benzene rings is 1. The van der Waals surface area contributed by atoms with E-state index in [1.807, 2.05) is 20.8 Å². The van der Waals surface area contributed by atoms with Crippen molar-refractivity contribution in [2.45, 2.75) is 27.7 Å². The molecule has 152 valence electrons. The standard InChI is InChI=1S/C20H21ClN4O3S/c1-6-28-15-8-7-13(21)9-14(15)23-18(26)17-12(4)22-19(29-17)16-10(2)11(3)24-25(5)20(16)27/h7-9H,6H2,1-5H3,(H,23,26). The van der Waals surface area contributed by atoms with Crippen LogP contribution in [-0.2, 0) is 7.05 Å². The van der Waals surface area contributed by atoms with Gasteiger partial charge in [0.15, 0.2) is 0 Å². The molecule has 0 aliphatic rings. The monoisotopic (exact) mass is 432 g/mol. The molecule has 1 N–H and O–H groups in total. The van der Waals surface area contributed by atoms with Gasteiger partial charge in [0.2, 0.25) is 0 Å². The first kappa shape index (κ1) is 21.0. The number of thiazole rings is 1. The molecule has 0 bridgehead atoms. The number of hydrogen-bond acceptors (Lipinski definition) is 6. The largest absolute Gasteiger partial charge is 0.492 e. The van der Waals surface area contributed by atoms with E-state index < -0.39 is 0 Å². The highest BCUT2D eigenvalue weighted by molar-refractivity contribution is 7.17. The van der Waals surface area contributed by atoms with E-state index >= 15 is 0 Å². The molecule has 0 radical (unpaired) electrons. The van der Waals surface area contributed by atoms with Gasteiger partial charge < -0.3 is 10.1 Å². The first-order valence-corrected chi connectivity index (χ1v) is 10.2. The van der Waals surface area contributed by atoms with Gasteiger partial charge in [-0.1, -0.05) is 11.6 Å². The fourth-order valence-electron chi connectivity index (χ4n) is 2.87. The Morgan fingerprint density at radius 3 is 2.69 bits per heavy atom. The Labute approximate surface area is 177 Å². The Hall–Kier alpha value is -2.71. The SMILES string of the molecule is CCOc1ccc(Cl)cc1NC(=O)c1sc(-c2c(C)c(C)nn(C)c2=O)nc1C. The van der Waals surface area contributed by atoms with E-state index in [1.165, 1.54) is 16.0 Å². The summed E-state index contributed by atoms with van der Waals surface area (Å²) in [6.45, 7) is 7.72. The number of nitrogens with one attached hydrogen (secondary N) is 1. The molecule has 9 heteroatoms. The molecule has 0 fully saturated rings. The number of rotatable bonds is 5. The van der Waals surface area contributed by atoms with Gasteiger partial charge >= 0.3 is 0 Å². The lowest BCUT2D eigenvalue weighted by Crippen LogP contribution is -2.23. The zero-order valence-electron chi connectivity index (χ0n) is 16.8. The minimum Gasteiger partial charge on any atom is -0.492 e. The van der Waals surface area contributed by atoms with E-state index in [2.05, 4.69) is 15.4 Å². The molecule has 0 saturated carbocycles. The van der Waals surface area contributed by atoms with Crippen LogP contribution in [0.25, 0.3) is 10.6 Å². The zero-order chi connectivity index (χ0) is 21.3. The third-order valence-electron chi connectivity index (χ3n) is 4.43. The van der Waals surface area contributed by atoms with Crippen LogP contribution in [0.1, 0.15) is 33.5 Å². The van der Waals surface area contributed by atoms with Crippen LogP contribution in [-0.4, -0.2) is 27.3 Å². The Morgan fingerprint density at radius 2 is 2.00 bits per heavy atom. The summed E-state index contributed by atoms with van der Waals surface area (Å²) in [6.07, 6.45) is 0.